The molecular formula is C14H22N2O2. The molecule has 1 aromatic rings. The molecule has 0 saturated heterocycles. The van der Waals surface area contributed by atoms with Crippen molar-refractivity contribution in [2.45, 2.75) is 44.4 Å². The van der Waals surface area contributed by atoms with Crippen molar-refractivity contribution in [2.75, 3.05) is 14.2 Å². The van der Waals surface area contributed by atoms with Crippen molar-refractivity contribution in [3.8, 4) is 5.88 Å². The van der Waals surface area contributed by atoms with Gasteiger partial charge < -0.3 is 14.8 Å². The van der Waals surface area contributed by atoms with E-state index in [1.807, 2.05) is 13.1 Å². The molecule has 1 aliphatic carbocycles. The first-order valence-corrected chi connectivity index (χ1v) is 6.61. The minimum absolute atomic E-state index is 0.231. The monoisotopic (exact) mass is 250 g/mol. The fourth-order valence-corrected chi connectivity index (χ4v) is 2.44. The molecule has 2 rings (SSSR count). The van der Waals surface area contributed by atoms with Crippen LogP contribution in [0.1, 0.15) is 31.2 Å². The third-order valence-electron chi connectivity index (χ3n) is 3.41. The highest BCUT2D eigenvalue weighted by Crippen LogP contribution is 2.25. The highest BCUT2D eigenvalue weighted by Gasteiger charge is 2.23. The summed E-state index contributed by atoms with van der Waals surface area (Å²) in [5.74, 6) is 0.758. The zero-order valence-corrected chi connectivity index (χ0v) is 11.2. The van der Waals surface area contributed by atoms with Crippen LogP contribution in [-0.2, 0) is 11.3 Å². The number of methoxy groups -OCH3 is 1. The molecule has 1 fully saturated rings. The molecule has 0 spiro atoms. The maximum absolute atomic E-state index is 6.04. The van der Waals surface area contributed by atoms with Crippen LogP contribution < -0.4 is 10.1 Å². The van der Waals surface area contributed by atoms with Crippen molar-refractivity contribution in [3.63, 3.8) is 0 Å². The maximum atomic E-state index is 6.04. The first-order valence-electron chi connectivity index (χ1n) is 6.61. The fraction of sp³-hybridized carbons (Fsp3) is 0.643. The van der Waals surface area contributed by atoms with Crippen LogP contribution in [0.5, 0.6) is 5.88 Å². The van der Waals surface area contributed by atoms with E-state index in [4.69, 9.17) is 9.47 Å². The molecule has 1 aliphatic rings. The molecule has 1 aromatic heterocycles. The van der Waals surface area contributed by atoms with Gasteiger partial charge in [-0.2, -0.15) is 0 Å². The third kappa shape index (κ3) is 3.43. The van der Waals surface area contributed by atoms with Crippen LogP contribution in [-0.4, -0.2) is 31.3 Å². The fourth-order valence-electron chi connectivity index (χ4n) is 2.44. The van der Waals surface area contributed by atoms with Gasteiger partial charge in [-0.15, -0.1) is 0 Å². The molecule has 0 bridgehead atoms. The number of nitrogens with zero attached hydrogens (tertiary/aromatic N) is 1. The van der Waals surface area contributed by atoms with Crippen molar-refractivity contribution < 1.29 is 9.47 Å². The second kappa shape index (κ2) is 6.71. The second-order valence-electron chi connectivity index (χ2n) is 4.76. The van der Waals surface area contributed by atoms with Gasteiger partial charge in [0.1, 0.15) is 6.10 Å². The van der Waals surface area contributed by atoms with Crippen LogP contribution in [0.3, 0.4) is 0 Å². The van der Waals surface area contributed by atoms with Crippen LogP contribution in [0.2, 0.25) is 0 Å². The molecule has 0 aromatic carbocycles. The summed E-state index contributed by atoms with van der Waals surface area (Å²) in [6.07, 6.45) is 6.71. The predicted molar refractivity (Wildman–Crippen MR) is 70.7 cm³/mol. The molecule has 1 heterocycles. The second-order valence-corrected chi connectivity index (χ2v) is 4.76. The lowest BCUT2D eigenvalue weighted by molar-refractivity contribution is 0.0191. The van der Waals surface area contributed by atoms with E-state index in [0.717, 1.165) is 43.7 Å². The summed E-state index contributed by atoms with van der Waals surface area (Å²) < 4.78 is 11.5. The maximum Gasteiger partial charge on any atom is 0.218 e. The van der Waals surface area contributed by atoms with Crippen LogP contribution >= 0.6 is 0 Å². The number of ether oxygens (including phenoxy) is 2. The quantitative estimate of drug-likeness (QED) is 0.869. The van der Waals surface area contributed by atoms with Gasteiger partial charge in [0.25, 0.3) is 0 Å². The smallest absolute Gasteiger partial charge is 0.218 e. The summed E-state index contributed by atoms with van der Waals surface area (Å²) in [7, 11) is 3.71. The van der Waals surface area contributed by atoms with Gasteiger partial charge in [-0.1, -0.05) is 6.07 Å². The van der Waals surface area contributed by atoms with E-state index in [1.165, 1.54) is 0 Å². The summed E-state index contributed by atoms with van der Waals surface area (Å²) in [6.45, 7) is 0.781. The van der Waals surface area contributed by atoms with E-state index in [9.17, 15) is 0 Å². The molecular weight excluding hydrogens is 228 g/mol. The topological polar surface area (TPSA) is 43.4 Å². The third-order valence-corrected chi connectivity index (χ3v) is 3.41. The summed E-state index contributed by atoms with van der Waals surface area (Å²) in [4.78, 5) is 4.34. The Balaban J connectivity index is 1.99. The lowest BCUT2D eigenvalue weighted by Crippen LogP contribution is -2.30. The number of rotatable bonds is 5. The molecule has 0 aliphatic heterocycles. The first-order chi connectivity index (χ1) is 8.83. The van der Waals surface area contributed by atoms with Gasteiger partial charge in [-0.25, -0.2) is 4.98 Å². The van der Waals surface area contributed by atoms with Gasteiger partial charge in [0.15, 0.2) is 0 Å². The van der Waals surface area contributed by atoms with E-state index >= 15 is 0 Å². The van der Waals surface area contributed by atoms with Crippen molar-refractivity contribution >= 4 is 0 Å². The number of hydrogen-bond acceptors (Lipinski definition) is 4. The molecule has 2 unspecified atom stereocenters. The van der Waals surface area contributed by atoms with Crippen molar-refractivity contribution in [2.24, 2.45) is 0 Å². The number of nitrogens with one attached hydrogen (secondary N) is 1. The summed E-state index contributed by atoms with van der Waals surface area (Å²) in [5, 5.41) is 3.14. The average molecular weight is 250 g/mol. The average Bonchev–Trinajstić information content (AvgIpc) is 2.41. The largest absolute Gasteiger partial charge is 0.474 e. The van der Waals surface area contributed by atoms with Crippen molar-refractivity contribution in [1.29, 1.82) is 0 Å². The highest BCUT2D eigenvalue weighted by molar-refractivity contribution is 5.25. The zero-order chi connectivity index (χ0) is 12.8. The van der Waals surface area contributed by atoms with Crippen LogP contribution in [0.25, 0.3) is 0 Å². The van der Waals surface area contributed by atoms with Gasteiger partial charge in [0, 0.05) is 31.8 Å². The van der Waals surface area contributed by atoms with Crippen LogP contribution in [0.15, 0.2) is 18.3 Å². The normalized spacial score (nSPS) is 23.9. The Kier molecular flexibility index (Phi) is 4.96. The van der Waals surface area contributed by atoms with Crippen LogP contribution in [0, 0.1) is 0 Å². The first kappa shape index (κ1) is 13.3. The molecule has 4 heteroatoms. The van der Waals surface area contributed by atoms with Crippen molar-refractivity contribution in [3.05, 3.63) is 23.9 Å². The summed E-state index contributed by atoms with van der Waals surface area (Å²) >= 11 is 0. The minimum Gasteiger partial charge on any atom is -0.474 e. The molecule has 0 amide bonds. The Hall–Kier alpha value is -1.13. The molecule has 0 radical (unpaired) electrons. The number of aromatic nitrogens is 1. The number of hydrogen-bond donors (Lipinski definition) is 1. The van der Waals surface area contributed by atoms with Gasteiger partial charge in [0.2, 0.25) is 5.88 Å². The molecule has 18 heavy (non-hydrogen) atoms. The van der Waals surface area contributed by atoms with Gasteiger partial charge in [-0.3, -0.25) is 0 Å². The number of pyridine rings is 1. The zero-order valence-electron chi connectivity index (χ0n) is 11.2. The minimum atomic E-state index is 0.231. The van der Waals surface area contributed by atoms with Crippen LogP contribution in [0.4, 0.5) is 0 Å². The lowest BCUT2D eigenvalue weighted by Gasteiger charge is -2.28. The summed E-state index contributed by atoms with van der Waals surface area (Å²) in [6, 6.07) is 3.99. The van der Waals surface area contributed by atoms with E-state index in [0.29, 0.717) is 6.10 Å². The van der Waals surface area contributed by atoms with Gasteiger partial charge in [0.05, 0.1) is 6.10 Å². The van der Waals surface area contributed by atoms with E-state index < -0.39 is 0 Å². The Morgan fingerprint density at radius 3 is 3.00 bits per heavy atom. The Morgan fingerprint density at radius 1 is 1.39 bits per heavy atom. The molecule has 2 atom stereocenters. The van der Waals surface area contributed by atoms with Gasteiger partial charge >= 0.3 is 0 Å². The molecule has 1 saturated carbocycles. The Bertz CT molecular complexity index is 371. The van der Waals surface area contributed by atoms with E-state index in [2.05, 4.69) is 16.4 Å². The molecule has 4 nitrogen and oxygen atoms in total. The predicted octanol–water partition coefficient (Wildman–Crippen LogP) is 2.14. The van der Waals surface area contributed by atoms with Crippen molar-refractivity contribution in [1.82, 2.24) is 10.3 Å². The Morgan fingerprint density at radius 2 is 2.22 bits per heavy atom. The standard InChI is InChI=1S/C14H22N2O2/c1-15-10-11-5-4-8-16-14(11)18-13-7-3-6-12(9-13)17-2/h4-5,8,12-13,15H,3,6-7,9-10H2,1-2H3. The van der Waals surface area contributed by atoms with Gasteiger partial charge in [-0.05, 0) is 32.4 Å². The lowest BCUT2D eigenvalue weighted by atomic mass is 9.95. The summed E-state index contributed by atoms with van der Waals surface area (Å²) in [5.41, 5.74) is 1.11. The highest BCUT2D eigenvalue weighted by atomic mass is 16.5. The van der Waals surface area contributed by atoms with E-state index in [1.54, 1.807) is 13.3 Å². The Labute approximate surface area is 109 Å². The van der Waals surface area contributed by atoms with E-state index in [-0.39, 0.29) is 6.10 Å². The molecule has 1 N–H and O–H groups in total. The SMILES string of the molecule is CNCc1cccnc1OC1CCCC(OC)C1. The molecule has 100 valence electrons.